The van der Waals surface area contributed by atoms with Crippen LogP contribution in [0.3, 0.4) is 0 Å². The van der Waals surface area contributed by atoms with Gasteiger partial charge in [0.25, 0.3) is 0 Å². The van der Waals surface area contributed by atoms with E-state index >= 15 is 0 Å². The zero-order chi connectivity index (χ0) is 15.0. The molecule has 0 saturated heterocycles. The van der Waals surface area contributed by atoms with Crippen molar-refractivity contribution in [2.75, 3.05) is 6.54 Å². The molecule has 3 nitrogen and oxygen atoms in total. The standard InChI is InChI=1S/C17H20FN3/c1-10(2)16-13-6-7-19-9-15(13)20-17(21-16)12-4-5-14(18)11(3)8-12/h4-5,8,10,19H,6-7,9H2,1-3H3. The maximum Gasteiger partial charge on any atom is 0.159 e. The Bertz CT molecular complexity index is 680. The van der Waals surface area contributed by atoms with Crippen LogP contribution in [0.4, 0.5) is 4.39 Å². The van der Waals surface area contributed by atoms with Crippen molar-refractivity contribution in [3.8, 4) is 11.4 Å². The van der Waals surface area contributed by atoms with Crippen LogP contribution in [0.5, 0.6) is 0 Å². The summed E-state index contributed by atoms with van der Waals surface area (Å²) in [5, 5.41) is 3.36. The first-order valence-electron chi connectivity index (χ1n) is 7.43. The van der Waals surface area contributed by atoms with E-state index in [0.29, 0.717) is 17.3 Å². The number of hydrogen-bond acceptors (Lipinski definition) is 3. The first-order chi connectivity index (χ1) is 10.1. The minimum atomic E-state index is -0.192. The van der Waals surface area contributed by atoms with E-state index < -0.39 is 0 Å². The van der Waals surface area contributed by atoms with Crippen molar-refractivity contribution < 1.29 is 4.39 Å². The van der Waals surface area contributed by atoms with Gasteiger partial charge in [0.05, 0.1) is 11.4 Å². The van der Waals surface area contributed by atoms with E-state index in [1.54, 1.807) is 13.0 Å². The van der Waals surface area contributed by atoms with Gasteiger partial charge in [-0.05, 0) is 55.1 Å². The van der Waals surface area contributed by atoms with Crippen LogP contribution in [0, 0.1) is 12.7 Å². The molecule has 0 aliphatic carbocycles. The summed E-state index contributed by atoms with van der Waals surface area (Å²) < 4.78 is 13.4. The lowest BCUT2D eigenvalue weighted by molar-refractivity contribution is 0.609. The van der Waals surface area contributed by atoms with Crippen LogP contribution in [0.2, 0.25) is 0 Å². The summed E-state index contributed by atoms with van der Waals surface area (Å²) >= 11 is 0. The fourth-order valence-electron chi connectivity index (χ4n) is 2.78. The number of rotatable bonds is 2. The van der Waals surface area contributed by atoms with Crippen LogP contribution in [-0.4, -0.2) is 16.5 Å². The Hall–Kier alpha value is -1.81. The van der Waals surface area contributed by atoms with Crippen LogP contribution in [-0.2, 0) is 13.0 Å². The smallest absolute Gasteiger partial charge is 0.159 e. The minimum Gasteiger partial charge on any atom is -0.311 e. The topological polar surface area (TPSA) is 37.8 Å². The van der Waals surface area contributed by atoms with E-state index in [1.807, 2.05) is 6.07 Å². The summed E-state index contributed by atoms with van der Waals surface area (Å²) in [6.45, 7) is 7.84. The van der Waals surface area contributed by atoms with Crippen LogP contribution >= 0.6 is 0 Å². The van der Waals surface area contributed by atoms with Crippen LogP contribution in [0.25, 0.3) is 11.4 Å². The van der Waals surface area contributed by atoms with Crippen molar-refractivity contribution >= 4 is 0 Å². The molecule has 21 heavy (non-hydrogen) atoms. The second-order valence-corrected chi connectivity index (χ2v) is 5.90. The third kappa shape index (κ3) is 2.68. The molecule has 1 aromatic heterocycles. The molecule has 0 atom stereocenters. The third-order valence-electron chi connectivity index (χ3n) is 3.93. The maximum absolute atomic E-state index is 13.4. The Labute approximate surface area is 124 Å². The normalized spacial score (nSPS) is 14.3. The molecule has 0 amide bonds. The molecule has 0 radical (unpaired) electrons. The van der Waals surface area contributed by atoms with E-state index in [4.69, 9.17) is 9.97 Å². The largest absolute Gasteiger partial charge is 0.311 e. The fourth-order valence-corrected chi connectivity index (χ4v) is 2.78. The van der Waals surface area contributed by atoms with E-state index in [-0.39, 0.29) is 5.82 Å². The minimum absolute atomic E-state index is 0.192. The second-order valence-electron chi connectivity index (χ2n) is 5.90. The van der Waals surface area contributed by atoms with Crippen LogP contribution in [0.1, 0.15) is 42.3 Å². The Balaban J connectivity index is 2.14. The number of aryl methyl sites for hydroxylation is 1. The molecule has 1 N–H and O–H groups in total. The number of fused-ring (bicyclic) bond motifs is 1. The van der Waals surface area contributed by atoms with Gasteiger partial charge in [0, 0.05) is 12.1 Å². The summed E-state index contributed by atoms with van der Waals surface area (Å²) in [4.78, 5) is 9.47. The van der Waals surface area contributed by atoms with Crippen LogP contribution < -0.4 is 5.32 Å². The molecule has 0 bridgehead atoms. The molecule has 0 spiro atoms. The molecule has 0 unspecified atom stereocenters. The molecule has 2 heterocycles. The van der Waals surface area contributed by atoms with Crippen molar-refractivity contribution in [3.63, 3.8) is 0 Å². The highest BCUT2D eigenvalue weighted by atomic mass is 19.1. The number of nitrogens with one attached hydrogen (secondary N) is 1. The van der Waals surface area contributed by atoms with Gasteiger partial charge < -0.3 is 5.32 Å². The average molecular weight is 285 g/mol. The summed E-state index contributed by atoms with van der Waals surface area (Å²) in [5.41, 5.74) is 4.99. The SMILES string of the molecule is Cc1cc(-c2nc3c(c(C(C)C)n2)CCNC3)ccc1F. The Morgan fingerprint density at radius 1 is 1.24 bits per heavy atom. The lowest BCUT2D eigenvalue weighted by Crippen LogP contribution is -2.27. The number of halogens is 1. The monoisotopic (exact) mass is 285 g/mol. The highest BCUT2D eigenvalue weighted by Crippen LogP contribution is 2.27. The van der Waals surface area contributed by atoms with Crippen molar-refractivity contribution in [2.24, 2.45) is 0 Å². The van der Waals surface area contributed by atoms with Gasteiger partial charge in [-0.1, -0.05) is 13.8 Å². The van der Waals surface area contributed by atoms with Gasteiger partial charge in [0.15, 0.2) is 5.82 Å². The Morgan fingerprint density at radius 2 is 2.05 bits per heavy atom. The second kappa shape index (κ2) is 5.53. The van der Waals surface area contributed by atoms with E-state index in [1.165, 1.54) is 11.6 Å². The fraction of sp³-hybridized carbons (Fsp3) is 0.412. The van der Waals surface area contributed by atoms with Gasteiger partial charge in [-0.3, -0.25) is 0 Å². The molecule has 1 aromatic carbocycles. The van der Waals surface area contributed by atoms with Crippen molar-refractivity contribution in [2.45, 2.75) is 39.7 Å². The third-order valence-corrected chi connectivity index (χ3v) is 3.93. The van der Waals surface area contributed by atoms with Gasteiger partial charge in [-0.25, -0.2) is 14.4 Å². The van der Waals surface area contributed by atoms with Crippen molar-refractivity contribution in [1.29, 1.82) is 0 Å². The van der Waals surface area contributed by atoms with Crippen molar-refractivity contribution in [1.82, 2.24) is 15.3 Å². The molecule has 0 saturated carbocycles. The number of nitrogens with zero attached hydrogens (tertiary/aromatic N) is 2. The van der Waals surface area contributed by atoms with E-state index in [9.17, 15) is 4.39 Å². The summed E-state index contributed by atoms with van der Waals surface area (Å²) in [7, 11) is 0. The molecule has 1 aliphatic heterocycles. The highest BCUT2D eigenvalue weighted by Gasteiger charge is 2.20. The zero-order valence-electron chi connectivity index (χ0n) is 12.7. The van der Waals surface area contributed by atoms with Gasteiger partial charge in [-0.2, -0.15) is 0 Å². The average Bonchev–Trinajstić information content (AvgIpc) is 2.48. The number of aromatic nitrogens is 2. The molecule has 1 aliphatic rings. The summed E-state index contributed by atoms with van der Waals surface area (Å²) in [6.07, 6.45) is 0.978. The van der Waals surface area contributed by atoms with Gasteiger partial charge >= 0.3 is 0 Å². The van der Waals surface area contributed by atoms with Gasteiger partial charge in [0.2, 0.25) is 0 Å². The lowest BCUT2D eigenvalue weighted by Gasteiger charge is -2.21. The first-order valence-corrected chi connectivity index (χ1v) is 7.43. The summed E-state index contributed by atoms with van der Waals surface area (Å²) in [5.74, 6) is 0.867. The highest BCUT2D eigenvalue weighted by molar-refractivity contribution is 5.57. The molecule has 3 rings (SSSR count). The predicted octanol–water partition coefficient (Wildman–Crippen LogP) is 3.36. The molecule has 2 aromatic rings. The van der Waals surface area contributed by atoms with Gasteiger partial charge in [0.1, 0.15) is 5.82 Å². The molecule has 0 fully saturated rings. The Kier molecular flexibility index (Phi) is 3.72. The molecular weight excluding hydrogens is 265 g/mol. The Morgan fingerprint density at radius 3 is 2.76 bits per heavy atom. The molecule has 4 heteroatoms. The maximum atomic E-state index is 13.4. The zero-order valence-corrected chi connectivity index (χ0v) is 12.7. The van der Waals surface area contributed by atoms with Gasteiger partial charge in [-0.15, -0.1) is 0 Å². The quantitative estimate of drug-likeness (QED) is 0.919. The predicted molar refractivity (Wildman–Crippen MR) is 81.7 cm³/mol. The molecule has 110 valence electrons. The first kappa shape index (κ1) is 14.1. The molecular formula is C17H20FN3. The lowest BCUT2D eigenvalue weighted by atomic mass is 9.97. The van der Waals surface area contributed by atoms with Crippen LogP contribution in [0.15, 0.2) is 18.2 Å². The van der Waals surface area contributed by atoms with Crippen molar-refractivity contribution in [3.05, 3.63) is 46.5 Å². The number of hydrogen-bond donors (Lipinski definition) is 1. The van der Waals surface area contributed by atoms with E-state index in [0.717, 1.165) is 36.5 Å². The summed E-state index contributed by atoms with van der Waals surface area (Å²) in [6, 6.07) is 5.06. The van der Waals surface area contributed by atoms with E-state index in [2.05, 4.69) is 19.2 Å². The number of benzene rings is 1.